The van der Waals surface area contributed by atoms with Crippen LogP contribution in [0.5, 0.6) is 0 Å². The van der Waals surface area contributed by atoms with Gasteiger partial charge in [0.25, 0.3) is 5.56 Å². The molecule has 1 heterocycles. The molecule has 2 aromatic rings. The maximum Gasteiger partial charge on any atom is 0.325 e. The zero-order valence-electron chi connectivity index (χ0n) is 9.86. The lowest BCUT2D eigenvalue weighted by Crippen LogP contribution is -2.22. The second-order valence-electron chi connectivity index (χ2n) is 3.56. The maximum absolute atomic E-state index is 11.9. The Hall–Kier alpha value is -2.77. The minimum Gasteiger partial charge on any atom is -0.313 e. The van der Waals surface area contributed by atoms with Gasteiger partial charge in [0.15, 0.2) is 0 Å². The van der Waals surface area contributed by atoms with E-state index in [0.29, 0.717) is 23.0 Å². The molecule has 2 rings (SSSR count). The fourth-order valence-corrected chi connectivity index (χ4v) is 2.06. The van der Waals surface area contributed by atoms with Crippen molar-refractivity contribution < 1.29 is 4.79 Å². The van der Waals surface area contributed by atoms with Gasteiger partial charge in [-0.3, -0.25) is 14.6 Å². The van der Waals surface area contributed by atoms with Crippen molar-refractivity contribution in [1.82, 2.24) is 9.97 Å². The lowest BCUT2D eigenvalue weighted by atomic mass is 10.2. The molecule has 8 nitrogen and oxygen atoms in total. The molecule has 0 atom stereocenters. The Balaban J connectivity index is 2.21. The zero-order valence-corrected chi connectivity index (χ0v) is 10.7. The highest BCUT2D eigenvalue weighted by molar-refractivity contribution is 8.14. The van der Waals surface area contributed by atoms with Crippen LogP contribution in [-0.2, 0) is 0 Å². The Morgan fingerprint density at radius 3 is 2.55 bits per heavy atom. The molecule has 0 radical (unpaired) electrons. The van der Waals surface area contributed by atoms with Crippen LogP contribution in [0.3, 0.4) is 0 Å². The summed E-state index contributed by atoms with van der Waals surface area (Å²) in [5, 5.41) is 3.02. The van der Waals surface area contributed by atoms with E-state index in [2.05, 4.69) is 15.0 Å². The standard InChI is InChI=1S/C11H7N5O3S/c12-16-15-7-3-1-6(2-4-7)10(18)20-8-5-13-11(19)14-9(8)17/h1-5H,(H2,13,14,17,19). The molecule has 0 aliphatic heterocycles. The number of hydrogen-bond acceptors (Lipinski definition) is 5. The Morgan fingerprint density at radius 2 is 1.95 bits per heavy atom. The summed E-state index contributed by atoms with van der Waals surface area (Å²) in [7, 11) is 0. The number of thioether (sulfide) groups is 1. The molecule has 0 spiro atoms. The fraction of sp³-hybridized carbons (Fsp3) is 0. The second kappa shape index (κ2) is 5.91. The number of carbonyl (C=O) groups excluding carboxylic acids is 1. The van der Waals surface area contributed by atoms with Crippen LogP contribution < -0.4 is 11.2 Å². The van der Waals surface area contributed by atoms with Crippen molar-refractivity contribution in [2.75, 3.05) is 0 Å². The van der Waals surface area contributed by atoms with Gasteiger partial charge in [-0.15, -0.1) is 0 Å². The normalized spacial score (nSPS) is 9.80. The minimum absolute atomic E-state index is 0.0914. The summed E-state index contributed by atoms with van der Waals surface area (Å²) in [6.45, 7) is 0. The molecule has 0 amide bonds. The van der Waals surface area contributed by atoms with Gasteiger partial charge in [0, 0.05) is 22.4 Å². The highest BCUT2D eigenvalue weighted by Crippen LogP contribution is 2.21. The van der Waals surface area contributed by atoms with Crippen LogP contribution in [0.2, 0.25) is 0 Å². The van der Waals surface area contributed by atoms with E-state index in [1.165, 1.54) is 30.5 Å². The van der Waals surface area contributed by atoms with Crippen molar-refractivity contribution >= 4 is 22.6 Å². The number of rotatable bonds is 3. The van der Waals surface area contributed by atoms with E-state index in [4.69, 9.17) is 5.53 Å². The topological polar surface area (TPSA) is 132 Å². The van der Waals surface area contributed by atoms with E-state index in [0.717, 1.165) is 0 Å². The number of H-pyrrole nitrogens is 2. The molecule has 0 saturated heterocycles. The number of benzene rings is 1. The van der Waals surface area contributed by atoms with Gasteiger partial charge in [-0.2, -0.15) is 0 Å². The van der Waals surface area contributed by atoms with Crippen LogP contribution in [0.25, 0.3) is 10.4 Å². The first kappa shape index (κ1) is 13.7. The Morgan fingerprint density at radius 1 is 1.25 bits per heavy atom. The molecule has 0 bridgehead atoms. The van der Waals surface area contributed by atoms with Crippen LogP contribution in [-0.4, -0.2) is 15.1 Å². The molecule has 0 unspecified atom stereocenters. The van der Waals surface area contributed by atoms with Crippen LogP contribution in [0.1, 0.15) is 10.4 Å². The summed E-state index contributed by atoms with van der Waals surface area (Å²) in [4.78, 5) is 41.3. The average molecular weight is 289 g/mol. The number of aromatic nitrogens is 2. The molecule has 0 aliphatic carbocycles. The van der Waals surface area contributed by atoms with E-state index >= 15 is 0 Å². The van der Waals surface area contributed by atoms with Gasteiger partial charge in [0.1, 0.15) is 0 Å². The third-order valence-corrected chi connectivity index (χ3v) is 3.20. The van der Waals surface area contributed by atoms with Gasteiger partial charge in [0.05, 0.1) is 4.90 Å². The second-order valence-corrected chi connectivity index (χ2v) is 4.58. The molecule has 9 heteroatoms. The number of nitrogens with one attached hydrogen (secondary N) is 2. The van der Waals surface area contributed by atoms with Gasteiger partial charge >= 0.3 is 5.69 Å². The van der Waals surface area contributed by atoms with Crippen LogP contribution >= 0.6 is 11.8 Å². The maximum atomic E-state index is 11.9. The van der Waals surface area contributed by atoms with Crippen LogP contribution in [0, 0.1) is 0 Å². The zero-order chi connectivity index (χ0) is 14.5. The summed E-state index contributed by atoms with van der Waals surface area (Å²) < 4.78 is 0. The molecule has 1 aromatic heterocycles. The van der Waals surface area contributed by atoms with E-state index in [1.807, 2.05) is 4.98 Å². The summed E-state index contributed by atoms with van der Waals surface area (Å²) in [6.07, 6.45) is 1.18. The molecule has 0 aliphatic rings. The van der Waals surface area contributed by atoms with Crippen LogP contribution in [0.15, 0.2) is 50.1 Å². The van der Waals surface area contributed by atoms with E-state index in [9.17, 15) is 14.4 Å². The number of nitrogens with zero attached hydrogens (tertiary/aromatic N) is 3. The number of azide groups is 1. The molecule has 0 fully saturated rings. The SMILES string of the molecule is [N-]=[N+]=Nc1ccc(C(=O)Sc2c[nH]c(=O)[nH]c2=O)cc1. The van der Waals surface area contributed by atoms with E-state index in [-0.39, 0.29) is 10.0 Å². The number of aromatic amines is 2. The third kappa shape index (κ3) is 3.16. The first-order valence-corrected chi connectivity index (χ1v) is 6.11. The molecule has 0 saturated carbocycles. The van der Waals surface area contributed by atoms with Crippen LogP contribution in [0.4, 0.5) is 5.69 Å². The lowest BCUT2D eigenvalue weighted by Gasteiger charge is -2.00. The van der Waals surface area contributed by atoms with Crippen molar-refractivity contribution in [2.24, 2.45) is 5.11 Å². The lowest BCUT2D eigenvalue weighted by molar-refractivity contribution is 0.108. The molecular weight excluding hydrogens is 282 g/mol. The Labute approximate surface area is 115 Å². The van der Waals surface area contributed by atoms with E-state index < -0.39 is 11.2 Å². The third-order valence-electron chi connectivity index (χ3n) is 2.25. The monoisotopic (exact) mass is 289 g/mol. The Kier molecular flexibility index (Phi) is 4.04. The molecule has 20 heavy (non-hydrogen) atoms. The van der Waals surface area contributed by atoms with Gasteiger partial charge in [-0.25, -0.2) is 4.79 Å². The molecule has 2 N–H and O–H groups in total. The summed E-state index contributed by atoms with van der Waals surface area (Å²) >= 11 is 0.695. The summed E-state index contributed by atoms with van der Waals surface area (Å²) in [5.74, 6) is 0. The van der Waals surface area contributed by atoms with Gasteiger partial charge in [-0.05, 0) is 17.3 Å². The van der Waals surface area contributed by atoms with Crippen molar-refractivity contribution in [3.05, 3.63) is 67.3 Å². The highest BCUT2D eigenvalue weighted by Gasteiger charge is 2.11. The molecule has 100 valence electrons. The fourth-order valence-electron chi connectivity index (χ4n) is 1.35. The predicted molar refractivity (Wildman–Crippen MR) is 73.1 cm³/mol. The Bertz CT molecular complexity index is 802. The molecule has 1 aromatic carbocycles. The minimum atomic E-state index is -0.634. The van der Waals surface area contributed by atoms with Gasteiger partial charge < -0.3 is 4.98 Å². The van der Waals surface area contributed by atoms with E-state index in [1.54, 1.807) is 0 Å². The van der Waals surface area contributed by atoms with Crippen molar-refractivity contribution in [1.29, 1.82) is 0 Å². The summed E-state index contributed by atoms with van der Waals surface area (Å²) in [6, 6.07) is 5.95. The average Bonchev–Trinajstić information content (AvgIpc) is 2.43. The predicted octanol–water partition coefficient (Wildman–Crippen LogP) is 1.94. The largest absolute Gasteiger partial charge is 0.325 e. The number of carbonyl (C=O) groups is 1. The smallest absolute Gasteiger partial charge is 0.313 e. The highest BCUT2D eigenvalue weighted by atomic mass is 32.2. The summed E-state index contributed by atoms with van der Waals surface area (Å²) in [5.41, 5.74) is 7.74. The van der Waals surface area contributed by atoms with Crippen molar-refractivity contribution in [2.45, 2.75) is 4.90 Å². The van der Waals surface area contributed by atoms with Crippen molar-refractivity contribution in [3.8, 4) is 0 Å². The van der Waals surface area contributed by atoms with Gasteiger partial charge in [0.2, 0.25) is 5.12 Å². The number of hydrogen-bond donors (Lipinski definition) is 2. The first-order valence-electron chi connectivity index (χ1n) is 5.29. The van der Waals surface area contributed by atoms with Gasteiger partial charge in [-0.1, -0.05) is 29.4 Å². The van der Waals surface area contributed by atoms with Crippen molar-refractivity contribution in [3.63, 3.8) is 0 Å². The quantitative estimate of drug-likeness (QED) is 0.386. The first-order chi connectivity index (χ1) is 9.60. The molecular formula is C11H7N5O3S.